The number of nitriles is 1. The zero-order chi connectivity index (χ0) is 16.1. The van der Waals surface area contributed by atoms with Crippen molar-refractivity contribution in [2.45, 2.75) is 6.92 Å². The molecule has 2 aromatic carbocycles. The van der Waals surface area contributed by atoms with Crippen LogP contribution in [-0.2, 0) is 4.79 Å². The molecule has 5 heteroatoms. The van der Waals surface area contributed by atoms with Crippen molar-refractivity contribution in [3.8, 4) is 6.07 Å². The number of nitrogens with zero attached hydrogens (tertiary/aromatic N) is 1. The number of nitrogens with one attached hydrogen (secondary N) is 1. The van der Waals surface area contributed by atoms with Crippen molar-refractivity contribution in [3.63, 3.8) is 0 Å². The molecular formula is C17H12Cl2N2O. The van der Waals surface area contributed by atoms with Gasteiger partial charge in [0.05, 0.1) is 10.7 Å². The Labute approximate surface area is 138 Å². The van der Waals surface area contributed by atoms with Crippen LogP contribution in [0.4, 0.5) is 5.69 Å². The van der Waals surface area contributed by atoms with E-state index in [-0.39, 0.29) is 5.57 Å². The molecule has 1 N–H and O–H groups in total. The zero-order valence-corrected chi connectivity index (χ0v) is 13.2. The molecule has 0 atom stereocenters. The molecule has 0 aliphatic carbocycles. The molecule has 0 bridgehead atoms. The third-order valence-corrected chi connectivity index (χ3v) is 3.46. The molecule has 0 saturated heterocycles. The van der Waals surface area contributed by atoms with Crippen molar-refractivity contribution >= 4 is 40.9 Å². The van der Waals surface area contributed by atoms with Crippen LogP contribution in [0.15, 0.2) is 48.0 Å². The van der Waals surface area contributed by atoms with E-state index in [4.69, 9.17) is 23.2 Å². The van der Waals surface area contributed by atoms with E-state index in [1.807, 2.05) is 37.3 Å². The molecule has 3 nitrogen and oxygen atoms in total. The summed E-state index contributed by atoms with van der Waals surface area (Å²) in [5.41, 5.74) is 2.18. The van der Waals surface area contributed by atoms with Gasteiger partial charge in [0, 0.05) is 5.02 Å². The molecular weight excluding hydrogens is 319 g/mol. The zero-order valence-electron chi connectivity index (χ0n) is 11.7. The van der Waals surface area contributed by atoms with E-state index in [9.17, 15) is 10.1 Å². The Bertz CT molecular complexity index is 791. The lowest BCUT2D eigenvalue weighted by Crippen LogP contribution is -2.13. The van der Waals surface area contributed by atoms with Gasteiger partial charge in [0.25, 0.3) is 5.91 Å². The first kappa shape index (κ1) is 16.1. The summed E-state index contributed by atoms with van der Waals surface area (Å²) in [6, 6.07) is 14.1. The van der Waals surface area contributed by atoms with E-state index in [0.29, 0.717) is 15.7 Å². The first-order chi connectivity index (χ1) is 10.5. The second kappa shape index (κ2) is 7.13. The van der Waals surface area contributed by atoms with E-state index >= 15 is 0 Å². The molecule has 0 spiro atoms. The minimum atomic E-state index is -0.534. The van der Waals surface area contributed by atoms with E-state index in [2.05, 4.69) is 5.32 Å². The minimum absolute atomic E-state index is 0.0124. The fourth-order valence-corrected chi connectivity index (χ4v) is 2.19. The highest BCUT2D eigenvalue weighted by Gasteiger charge is 2.11. The van der Waals surface area contributed by atoms with Gasteiger partial charge in [0.1, 0.15) is 11.6 Å². The Kier molecular flexibility index (Phi) is 5.21. The quantitative estimate of drug-likeness (QED) is 0.646. The van der Waals surface area contributed by atoms with Gasteiger partial charge in [0.2, 0.25) is 0 Å². The summed E-state index contributed by atoms with van der Waals surface area (Å²) in [7, 11) is 0. The minimum Gasteiger partial charge on any atom is -0.320 e. The molecule has 2 aromatic rings. The number of hydrogen-bond donors (Lipinski definition) is 1. The van der Waals surface area contributed by atoms with Crippen LogP contribution in [0.3, 0.4) is 0 Å². The van der Waals surface area contributed by atoms with Crippen molar-refractivity contribution in [2.75, 3.05) is 5.32 Å². The summed E-state index contributed by atoms with van der Waals surface area (Å²) >= 11 is 11.9. The van der Waals surface area contributed by atoms with Crippen molar-refractivity contribution in [1.82, 2.24) is 0 Å². The molecule has 0 aromatic heterocycles. The fraction of sp³-hybridized carbons (Fsp3) is 0.0588. The maximum Gasteiger partial charge on any atom is 0.266 e. The summed E-state index contributed by atoms with van der Waals surface area (Å²) in [6.07, 6.45) is 1.53. The molecule has 2 rings (SSSR count). The standard InChI is InChI=1S/C17H12Cl2N2O/c1-11-3-2-4-12(7-11)8-13(10-20)17(22)21-16-9-14(18)5-6-15(16)19/h2-9H,1H3,(H,21,22)/b13-8+. The van der Waals surface area contributed by atoms with E-state index in [1.165, 1.54) is 12.1 Å². The average Bonchev–Trinajstić information content (AvgIpc) is 2.48. The average molecular weight is 331 g/mol. The Hall–Kier alpha value is -2.28. The molecule has 22 heavy (non-hydrogen) atoms. The summed E-state index contributed by atoms with van der Waals surface area (Å²) in [6.45, 7) is 1.94. The Balaban J connectivity index is 2.26. The number of carbonyl (C=O) groups excluding carboxylic acids is 1. The van der Waals surface area contributed by atoms with Crippen LogP contribution in [0.1, 0.15) is 11.1 Å². The van der Waals surface area contributed by atoms with E-state index < -0.39 is 5.91 Å². The van der Waals surface area contributed by atoms with Crippen LogP contribution in [0.5, 0.6) is 0 Å². The van der Waals surface area contributed by atoms with Crippen molar-refractivity contribution in [2.24, 2.45) is 0 Å². The van der Waals surface area contributed by atoms with Gasteiger partial charge in [-0.2, -0.15) is 5.26 Å². The van der Waals surface area contributed by atoms with Crippen LogP contribution in [0, 0.1) is 18.3 Å². The van der Waals surface area contributed by atoms with Gasteiger partial charge in [0.15, 0.2) is 0 Å². The predicted octanol–water partition coefficient (Wildman–Crippen LogP) is 4.85. The number of carbonyl (C=O) groups is 1. The van der Waals surface area contributed by atoms with Gasteiger partial charge in [-0.25, -0.2) is 0 Å². The first-order valence-corrected chi connectivity index (χ1v) is 7.20. The second-order valence-corrected chi connectivity index (χ2v) is 5.51. The molecule has 0 unspecified atom stereocenters. The van der Waals surface area contributed by atoms with Crippen LogP contribution >= 0.6 is 23.2 Å². The van der Waals surface area contributed by atoms with Crippen LogP contribution in [0.25, 0.3) is 6.08 Å². The van der Waals surface area contributed by atoms with Crippen molar-refractivity contribution in [1.29, 1.82) is 5.26 Å². The fourth-order valence-electron chi connectivity index (χ4n) is 1.86. The molecule has 0 aliphatic rings. The third kappa shape index (κ3) is 4.11. The van der Waals surface area contributed by atoms with Gasteiger partial charge in [-0.05, 0) is 36.8 Å². The highest BCUT2D eigenvalue weighted by Crippen LogP contribution is 2.26. The van der Waals surface area contributed by atoms with Gasteiger partial charge < -0.3 is 5.32 Å². The van der Waals surface area contributed by atoms with Gasteiger partial charge >= 0.3 is 0 Å². The summed E-state index contributed by atoms with van der Waals surface area (Å²) in [5, 5.41) is 12.6. The van der Waals surface area contributed by atoms with Crippen LogP contribution in [0.2, 0.25) is 10.0 Å². The predicted molar refractivity (Wildman–Crippen MR) is 89.9 cm³/mol. The molecule has 0 radical (unpaired) electrons. The second-order valence-electron chi connectivity index (χ2n) is 4.66. The molecule has 0 saturated carbocycles. The highest BCUT2D eigenvalue weighted by molar-refractivity contribution is 6.36. The summed E-state index contributed by atoms with van der Waals surface area (Å²) < 4.78 is 0. The number of hydrogen-bond acceptors (Lipinski definition) is 2. The smallest absolute Gasteiger partial charge is 0.266 e. The van der Waals surface area contributed by atoms with E-state index in [0.717, 1.165) is 11.1 Å². The SMILES string of the molecule is Cc1cccc(/C=C(\C#N)C(=O)Nc2cc(Cl)ccc2Cl)c1. The monoisotopic (exact) mass is 330 g/mol. The largest absolute Gasteiger partial charge is 0.320 e. The number of amides is 1. The van der Waals surface area contributed by atoms with Crippen LogP contribution < -0.4 is 5.32 Å². The van der Waals surface area contributed by atoms with Crippen molar-refractivity contribution in [3.05, 3.63) is 69.2 Å². The molecule has 0 aliphatic heterocycles. The topological polar surface area (TPSA) is 52.9 Å². The Morgan fingerprint density at radius 1 is 1.23 bits per heavy atom. The van der Waals surface area contributed by atoms with Gasteiger partial charge in [-0.3, -0.25) is 4.79 Å². The number of anilines is 1. The molecule has 0 fully saturated rings. The number of benzene rings is 2. The Morgan fingerprint density at radius 2 is 2.00 bits per heavy atom. The Morgan fingerprint density at radius 3 is 2.68 bits per heavy atom. The maximum atomic E-state index is 12.2. The lowest BCUT2D eigenvalue weighted by Gasteiger charge is -2.07. The number of halogens is 2. The first-order valence-electron chi connectivity index (χ1n) is 6.44. The molecule has 110 valence electrons. The number of aryl methyl sites for hydroxylation is 1. The van der Waals surface area contributed by atoms with Crippen LogP contribution in [-0.4, -0.2) is 5.91 Å². The normalized spacial score (nSPS) is 10.9. The van der Waals surface area contributed by atoms with E-state index in [1.54, 1.807) is 12.1 Å². The number of rotatable bonds is 3. The maximum absolute atomic E-state index is 12.2. The van der Waals surface area contributed by atoms with Gasteiger partial charge in [-0.1, -0.05) is 53.0 Å². The summed E-state index contributed by atoms with van der Waals surface area (Å²) in [5.74, 6) is -0.534. The lowest BCUT2D eigenvalue weighted by atomic mass is 10.1. The van der Waals surface area contributed by atoms with Gasteiger partial charge in [-0.15, -0.1) is 0 Å². The third-order valence-electron chi connectivity index (χ3n) is 2.89. The lowest BCUT2D eigenvalue weighted by molar-refractivity contribution is -0.112. The van der Waals surface area contributed by atoms with Crippen molar-refractivity contribution < 1.29 is 4.79 Å². The molecule has 1 amide bonds. The highest BCUT2D eigenvalue weighted by atomic mass is 35.5. The summed E-state index contributed by atoms with van der Waals surface area (Å²) in [4.78, 5) is 12.2. The molecule has 0 heterocycles.